The second-order valence-electron chi connectivity index (χ2n) is 5.02. The predicted octanol–water partition coefficient (Wildman–Crippen LogP) is 3.09. The van der Waals surface area contributed by atoms with E-state index in [1.165, 1.54) is 5.56 Å². The molecule has 106 valence electrons. The first-order chi connectivity index (χ1) is 9.60. The first-order valence-corrected chi connectivity index (χ1v) is 6.71. The quantitative estimate of drug-likeness (QED) is 0.849. The smallest absolute Gasteiger partial charge is 0.214 e. The van der Waals surface area contributed by atoms with Gasteiger partial charge in [0.15, 0.2) is 0 Å². The maximum Gasteiger partial charge on any atom is 0.214 e. The van der Waals surface area contributed by atoms with Gasteiger partial charge in [0.05, 0.1) is 7.11 Å². The number of methoxy groups -OCH3 is 1. The summed E-state index contributed by atoms with van der Waals surface area (Å²) in [5.74, 6) is 0.626. The zero-order valence-electron chi connectivity index (χ0n) is 12.2. The molecule has 0 unspecified atom stereocenters. The SMILES string of the molecule is COc1cc(N(Cc2cccc(N)c2)C(C)C)ccn1. The van der Waals surface area contributed by atoms with E-state index in [-0.39, 0.29) is 0 Å². The number of anilines is 2. The lowest BCUT2D eigenvalue weighted by atomic mass is 10.1. The van der Waals surface area contributed by atoms with Gasteiger partial charge >= 0.3 is 0 Å². The van der Waals surface area contributed by atoms with E-state index in [0.717, 1.165) is 17.9 Å². The molecule has 0 saturated carbocycles. The number of nitrogens with zero attached hydrogens (tertiary/aromatic N) is 2. The maximum atomic E-state index is 5.85. The number of benzene rings is 1. The van der Waals surface area contributed by atoms with E-state index in [1.54, 1.807) is 13.3 Å². The van der Waals surface area contributed by atoms with Crippen LogP contribution >= 0.6 is 0 Å². The molecule has 2 rings (SSSR count). The van der Waals surface area contributed by atoms with Crippen molar-refractivity contribution in [2.45, 2.75) is 26.4 Å². The summed E-state index contributed by atoms with van der Waals surface area (Å²) < 4.78 is 5.20. The van der Waals surface area contributed by atoms with Crippen LogP contribution in [0.4, 0.5) is 11.4 Å². The van der Waals surface area contributed by atoms with Crippen molar-refractivity contribution in [3.63, 3.8) is 0 Å². The Hall–Kier alpha value is -2.23. The lowest BCUT2D eigenvalue weighted by molar-refractivity contribution is 0.397. The molecular formula is C16H21N3O. The van der Waals surface area contributed by atoms with Crippen LogP contribution in [0.25, 0.3) is 0 Å². The van der Waals surface area contributed by atoms with Gasteiger partial charge in [-0.15, -0.1) is 0 Å². The maximum absolute atomic E-state index is 5.85. The minimum Gasteiger partial charge on any atom is -0.481 e. The van der Waals surface area contributed by atoms with Gasteiger partial charge in [0, 0.05) is 36.2 Å². The van der Waals surface area contributed by atoms with Crippen molar-refractivity contribution >= 4 is 11.4 Å². The molecule has 0 saturated heterocycles. The number of hydrogen-bond donors (Lipinski definition) is 1. The lowest BCUT2D eigenvalue weighted by Gasteiger charge is -2.29. The van der Waals surface area contributed by atoms with Crippen molar-refractivity contribution in [3.8, 4) is 5.88 Å². The molecular weight excluding hydrogens is 250 g/mol. The molecule has 2 N–H and O–H groups in total. The Morgan fingerprint density at radius 2 is 2.05 bits per heavy atom. The molecule has 0 fully saturated rings. The minimum atomic E-state index is 0.364. The van der Waals surface area contributed by atoms with Crippen LogP contribution in [0, 0.1) is 0 Å². The first kappa shape index (κ1) is 14.2. The second kappa shape index (κ2) is 6.28. The van der Waals surface area contributed by atoms with Crippen LogP contribution in [0.5, 0.6) is 5.88 Å². The average molecular weight is 271 g/mol. The summed E-state index contributed by atoms with van der Waals surface area (Å²) in [6.45, 7) is 5.13. The number of rotatable bonds is 5. The Balaban J connectivity index is 2.27. The first-order valence-electron chi connectivity index (χ1n) is 6.71. The van der Waals surface area contributed by atoms with Gasteiger partial charge in [0.25, 0.3) is 0 Å². The third-order valence-corrected chi connectivity index (χ3v) is 3.19. The summed E-state index contributed by atoms with van der Waals surface area (Å²) in [6.07, 6.45) is 1.77. The molecule has 4 nitrogen and oxygen atoms in total. The highest BCUT2D eigenvalue weighted by molar-refractivity contribution is 5.50. The molecule has 1 aromatic heterocycles. The van der Waals surface area contributed by atoms with Crippen LogP contribution in [0.2, 0.25) is 0 Å². The molecule has 20 heavy (non-hydrogen) atoms. The Kier molecular flexibility index (Phi) is 4.45. The molecule has 0 aliphatic rings. The van der Waals surface area contributed by atoms with E-state index in [2.05, 4.69) is 29.8 Å². The Labute approximate surface area is 120 Å². The topological polar surface area (TPSA) is 51.4 Å². The normalized spacial score (nSPS) is 10.6. The van der Waals surface area contributed by atoms with Crippen molar-refractivity contribution in [2.75, 3.05) is 17.7 Å². The Morgan fingerprint density at radius 1 is 1.25 bits per heavy atom. The highest BCUT2D eigenvalue weighted by Crippen LogP contribution is 2.23. The number of hydrogen-bond acceptors (Lipinski definition) is 4. The van der Waals surface area contributed by atoms with E-state index in [0.29, 0.717) is 11.9 Å². The number of nitrogens with two attached hydrogens (primary N) is 1. The molecule has 0 atom stereocenters. The molecule has 0 bridgehead atoms. The number of pyridine rings is 1. The molecule has 0 aliphatic heterocycles. The van der Waals surface area contributed by atoms with Crippen molar-refractivity contribution < 1.29 is 4.74 Å². The zero-order valence-corrected chi connectivity index (χ0v) is 12.2. The molecule has 2 aromatic rings. The van der Waals surface area contributed by atoms with Crippen molar-refractivity contribution in [1.29, 1.82) is 0 Å². The van der Waals surface area contributed by atoms with Crippen molar-refractivity contribution in [1.82, 2.24) is 4.98 Å². The van der Waals surface area contributed by atoms with Gasteiger partial charge in [-0.2, -0.15) is 0 Å². The molecule has 0 radical (unpaired) electrons. The van der Waals surface area contributed by atoms with Gasteiger partial charge in [-0.25, -0.2) is 4.98 Å². The summed E-state index contributed by atoms with van der Waals surface area (Å²) in [5, 5.41) is 0. The lowest BCUT2D eigenvalue weighted by Crippen LogP contribution is -2.30. The van der Waals surface area contributed by atoms with Gasteiger partial charge < -0.3 is 15.4 Å². The number of ether oxygens (including phenoxy) is 1. The van der Waals surface area contributed by atoms with E-state index in [1.807, 2.05) is 30.3 Å². The number of nitrogen functional groups attached to an aromatic ring is 1. The Morgan fingerprint density at radius 3 is 2.70 bits per heavy atom. The molecule has 1 heterocycles. The average Bonchev–Trinajstić information content (AvgIpc) is 2.44. The van der Waals surface area contributed by atoms with E-state index in [4.69, 9.17) is 10.5 Å². The van der Waals surface area contributed by atoms with E-state index < -0.39 is 0 Å². The van der Waals surface area contributed by atoms with Crippen LogP contribution in [0.3, 0.4) is 0 Å². The fourth-order valence-corrected chi connectivity index (χ4v) is 2.15. The van der Waals surface area contributed by atoms with Gasteiger partial charge in [-0.05, 0) is 37.6 Å². The molecule has 4 heteroatoms. The molecule has 0 amide bonds. The third-order valence-electron chi connectivity index (χ3n) is 3.19. The summed E-state index contributed by atoms with van der Waals surface area (Å²) in [4.78, 5) is 6.44. The predicted molar refractivity (Wildman–Crippen MR) is 83.0 cm³/mol. The van der Waals surface area contributed by atoms with Crippen LogP contribution < -0.4 is 15.4 Å². The summed E-state index contributed by atoms with van der Waals surface area (Å²) >= 11 is 0. The van der Waals surface area contributed by atoms with Gasteiger partial charge in [0.1, 0.15) is 0 Å². The highest BCUT2D eigenvalue weighted by Gasteiger charge is 2.12. The van der Waals surface area contributed by atoms with Crippen molar-refractivity contribution in [2.24, 2.45) is 0 Å². The number of aromatic nitrogens is 1. The van der Waals surface area contributed by atoms with Crippen LogP contribution in [-0.4, -0.2) is 18.1 Å². The standard InChI is InChI=1S/C16H21N3O/c1-12(2)19(11-13-5-4-6-14(17)9-13)15-7-8-18-16(10-15)20-3/h4-10,12H,11,17H2,1-3H3. The molecule has 0 aliphatic carbocycles. The third kappa shape index (κ3) is 3.41. The second-order valence-corrected chi connectivity index (χ2v) is 5.02. The van der Waals surface area contributed by atoms with Crippen molar-refractivity contribution in [3.05, 3.63) is 48.2 Å². The summed E-state index contributed by atoms with van der Waals surface area (Å²) in [7, 11) is 1.63. The van der Waals surface area contributed by atoms with Crippen LogP contribution in [0.15, 0.2) is 42.6 Å². The van der Waals surface area contributed by atoms with Gasteiger partial charge in [0.2, 0.25) is 5.88 Å². The molecule has 1 aromatic carbocycles. The Bertz CT molecular complexity index is 569. The minimum absolute atomic E-state index is 0.364. The van der Waals surface area contributed by atoms with E-state index in [9.17, 15) is 0 Å². The summed E-state index contributed by atoms with van der Waals surface area (Å²) in [5.41, 5.74) is 8.92. The van der Waals surface area contributed by atoms with Gasteiger partial charge in [-0.3, -0.25) is 0 Å². The fraction of sp³-hybridized carbons (Fsp3) is 0.312. The largest absolute Gasteiger partial charge is 0.481 e. The fourth-order valence-electron chi connectivity index (χ4n) is 2.15. The van der Waals surface area contributed by atoms with Crippen LogP contribution in [0.1, 0.15) is 19.4 Å². The van der Waals surface area contributed by atoms with E-state index >= 15 is 0 Å². The zero-order chi connectivity index (χ0) is 14.5. The highest BCUT2D eigenvalue weighted by atomic mass is 16.5. The monoisotopic (exact) mass is 271 g/mol. The molecule has 0 spiro atoms. The van der Waals surface area contributed by atoms with Crippen LogP contribution in [-0.2, 0) is 6.54 Å². The van der Waals surface area contributed by atoms with Gasteiger partial charge in [-0.1, -0.05) is 12.1 Å². The summed E-state index contributed by atoms with van der Waals surface area (Å²) in [6, 6.07) is 12.3.